The Kier molecular flexibility index (Phi) is 2.96. The summed E-state index contributed by atoms with van der Waals surface area (Å²) in [5, 5.41) is 0. The first kappa shape index (κ1) is 6.17. The van der Waals surface area contributed by atoms with Crippen molar-refractivity contribution >= 4 is 5.78 Å². The highest BCUT2D eigenvalue weighted by atomic mass is 16.1. The highest BCUT2D eigenvalue weighted by Crippen LogP contribution is 1.66. The van der Waals surface area contributed by atoms with Crippen LogP contribution in [-0.2, 0) is 4.79 Å². The number of hydrazine groups is 1. The van der Waals surface area contributed by atoms with E-state index in [-0.39, 0.29) is 5.78 Å². The normalized spacial score (nSPS) is 9.43. The molecule has 0 fully saturated rings. The fourth-order valence-corrected chi connectivity index (χ4v) is 0.165. The van der Waals surface area contributed by atoms with E-state index in [0.717, 1.165) is 0 Å². The number of carbonyl (C=O) groups is 1. The lowest BCUT2D eigenvalue weighted by Gasteiger charge is -1.80. The van der Waals surface area contributed by atoms with Crippen LogP contribution in [0.2, 0.25) is 0 Å². The summed E-state index contributed by atoms with van der Waals surface area (Å²) < 4.78 is 0. The average molecular weight is 100 g/mol. The van der Waals surface area contributed by atoms with E-state index >= 15 is 0 Å². The summed E-state index contributed by atoms with van der Waals surface area (Å²) in [7, 11) is 0. The van der Waals surface area contributed by atoms with Crippen LogP contribution in [0.3, 0.4) is 0 Å². The van der Waals surface area contributed by atoms with Crippen LogP contribution in [0.1, 0.15) is 6.92 Å². The fourth-order valence-electron chi connectivity index (χ4n) is 0.165. The summed E-state index contributed by atoms with van der Waals surface area (Å²) >= 11 is 0. The average Bonchev–Trinajstić information content (AvgIpc) is 1.61. The van der Waals surface area contributed by atoms with Gasteiger partial charge in [0.1, 0.15) is 0 Å². The van der Waals surface area contributed by atoms with Gasteiger partial charge < -0.3 is 5.43 Å². The van der Waals surface area contributed by atoms with Crippen molar-refractivity contribution in [2.45, 2.75) is 6.92 Å². The van der Waals surface area contributed by atoms with E-state index in [1.54, 1.807) is 0 Å². The molecule has 0 heterocycles. The van der Waals surface area contributed by atoms with Crippen LogP contribution < -0.4 is 11.3 Å². The van der Waals surface area contributed by atoms with Gasteiger partial charge >= 0.3 is 0 Å². The van der Waals surface area contributed by atoms with Gasteiger partial charge in [-0.05, 0) is 13.0 Å². The van der Waals surface area contributed by atoms with Crippen molar-refractivity contribution in [1.29, 1.82) is 0 Å². The van der Waals surface area contributed by atoms with E-state index in [1.165, 1.54) is 19.2 Å². The molecule has 0 amide bonds. The predicted octanol–water partition coefficient (Wildman–Crippen LogP) is -0.448. The minimum absolute atomic E-state index is 0.0158. The summed E-state index contributed by atoms with van der Waals surface area (Å²) in [6.07, 6.45) is 2.72. The quantitative estimate of drug-likeness (QED) is 0.281. The van der Waals surface area contributed by atoms with E-state index < -0.39 is 0 Å². The lowest BCUT2D eigenvalue weighted by molar-refractivity contribution is -0.112. The Morgan fingerprint density at radius 3 is 2.57 bits per heavy atom. The molecule has 0 spiro atoms. The van der Waals surface area contributed by atoms with Crippen molar-refractivity contribution in [1.82, 2.24) is 5.43 Å². The molecule has 0 saturated heterocycles. The molecule has 0 radical (unpaired) electrons. The van der Waals surface area contributed by atoms with Gasteiger partial charge in [0, 0.05) is 6.20 Å². The van der Waals surface area contributed by atoms with Gasteiger partial charge in [-0.25, -0.2) is 0 Å². The first-order chi connectivity index (χ1) is 3.27. The summed E-state index contributed by atoms with van der Waals surface area (Å²) in [5.74, 6) is 4.77. The maximum absolute atomic E-state index is 10.0. The van der Waals surface area contributed by atoms with Gasteiger partial charge in [0.2, 0.25) is 0 Å². The molecule has 0 rings (SSSR count). The second-order valence-electron chi connectivity index (χ2n) is 1.11. The van der Waals surface area contributed by atoms with Crippen LogP contribution in [0.4, 0.5) is 0 Å². The summed E-state index contributed by atoms with van der Waals surface area (Å²) in [6.45, 7) is 1.45. The molecule has 0 aliphatic heterocycles. The third kappa shape index (κ3) is 5.17. The summed E-state index contributed by atoms with van der Waals surface area (Å²) in [6, 6.07) is 0. The minimum atomic E-state index is -0.0158. The zero-order chi connectivity index (χ0) is 5.70. The Bertz CT molecular complexity index is 87.7. The molecular formula is C4H8N2O. The van der Waals surface area contributed by atoms with Crippen molar-refractivity contribution in [3.8, 4) is 0 Å². The Balaban J connectivity index is 3.26. The number of ketones is 1. The van der Waals surface area contributed by atoms with Crippen LogP contribution in [0.5, 0.6) is 0 Å². The summed E-state index contributed by atoms with van der Waals surface area (Å²) in [5.41, 5.74) is 2.20. The highest BCUT2D eigenvalue weighted by molar-refractivity contribution is 5.86. The van der Waals surface area contributed by atoms with E-state index in [0.29, 0.717) is 0 Å². The molecule has 0 aromatic rings. The van der Waals surface area contributed by atoms with Gasteiger partial charge in [-0.1, -0.05) is 0 Å². The van der Waals surface area contributed by atoms with Gasteiger partial charge in [-0.15, -0.1) is 0 Å². The molecule has 0 atom stereocenters. The lowest BCUT2D eigenvalue weighted by Crippen LogP contribution is -2.13. The van der Waals surface area contributed by atoms with Gasteiger partial charge in [0.25, 0.3) is 0 Å². The zero-order valence-corrected chi connectivity index (χ0v) is 4.14. The molecule has 3 N–H and O–H groups in total. The van der Waals surface area contributed by atoms with Gasteiger partial charge in [-0.2, -0.15) is 0 Å². The van der Waals surface area contributed by atoms with E-state index in [4.69, 9.17) is 5.84 Å². The van der Waals surface area contributed by atoms with Gasteiger partial charge in [0.05, 0.1) is 0 Å². The van der Waals surface area contributed by atoms with Gasteiger partial charge in [0.15, 0.2) is 5.78 Å². The number of hydrogen-bond donors (Lipinski definition) is 2. The number of allylic oxidation sites excluding steroid dienone is 1. The number of nitrogens with one attached hydrogen (secondary N) is 1. The lowest BCUT2D eigenvalue weighted by atomic mass is 10.4. The standard InChI is InChI=1S/C4H8N2O/c1-4(7)2-3-6-5/h2-3,6H,5H2,1H3/b3-2+. The molecule has 0 saturated carbocycles. The van der Waals surface area contributed by atoms with Crippen molar-refractivity contribution < 1.29 is 4.79 Å². The van der Waals surface area contributed by atoms with Crippen LogP contribution in [0.25, 0.3) is 0 Å². The number of hydrogen-bond acceptors (Lipinski definition) is 3. The largest absolute Gasteiger partial charge is 0.331 e. The van der Waals surface area contributed by atoms with E-state index in [2.05, 4.69) is 5.43 Å². The fraction of sp³-hybridized carbons (Fsp3) is 0.250. The molecule has 0 aliphatic rings. The SMILES string of the molecule is CC(=O)/C=C/NN. The molecule has 0 unspecified atom stereocenters. The maximum atomic E-state index is 10.0. The van der Waals surface area contributed by atoms with E-state index in [9.17, 15) is 4.79 Å². The monoisotopic (exact) mass is 100 g/mol. The number of rotatable bonds is 2. The topological polar surface area (TPSA) is 55.1 Å². The summed E-state index contributed by atoms with van der Waals surface area (Å²) in [4.78, 5) is 10.0. The Morgan fingerprint density at radius 1 is 1.86 bits per heavy atom. The van der Waals surface area contributed by atoms with Crippen molar-refractivity contribution in [2.24, 2.45) is 5.84 Å². The molecule has 0 aromatic carbocycles. The van der Waals surface area contributed by atoms with Crippen molar-refractivity contribution in [3.63, 3.8) is 0 Å². The number of carbonyl (C=O) groups excluding carboxylic acids is 1. The molecule has 3 nitrogen and oxygen atoms in total. The van der Waals surface area contributed by atoms with Gasteiger partial charge in [-0.3, -0.25) is 10.6 Å². The Morgan fingerprint density at radius 2 is 2.43 bits per heavy atom. The third-order valence-corrected chi connectivity index (χ3v) is 0.414. The van der Waals surface area contributed by atoms with Crippen molar-refractivity contribution in [2.75, 3.05) is 0 Å². The van der Waals surface area contributed by atoms with Crippen LogP contribution in [0, 0.1) is 0 Å². The Hall–Kier alpha value is -0.830. The Labute approximate surface area is 42.2 Å². The first-order valence-corrected chi connectivity index (χ1v) is 1.90. The predicted molar refractivity (Wildman–Crippen MR) is 27.1 cm³/mol. The molecule has 7 heavy (non-hydrogen) atoms. The molecule has 0 bridgehead atoms. The molecular weight excluding hydrogens is 92.1 g/mol. The molecule has 40 valence electrons. The van der Waals surface area contributed by atoms with E-state index in [1.807, 2.05) is 0 Å². The zero-order valence-electron chi connectivity index (χ0n) is 4.14. The third-order valence-electron chi connectivity index (χ3n) is 0.414. The molecule has 0 aliphatic carbocycles. The molecule has 3 heteroatoms. The van der Waals surface area contributed by atoms with Crippen LogP contribution in [0.15, 0.2) is 12.3 Å². The van der Waals surface area contributed by atoms with Crippen molar-refractivity contribution in [3.05, 3.63) is 12.3 Å². The second-order valence-corrected chi connectivity index (χ2v) is 1.11. The first-order valence-electron chi connectivity index (χ1n) is 1.90. The smallest absolute Gasteiger partial charge is 0.154 e. The maximum Gasteiger partial charge on any atom is 0.154 e. The number of nitrogens with two attached hydrogens (primary N) is 1. The minimum Gasteiger partial charge on any atom is -0.331 e. The molecule has 0 aromatic heterocycles. The van der Waals surface area contributed by atoms with Crippen LogP contribution >= 0.6 is 0 Å². The van der Waals surface area contributed by atoms with Crippen LogP contribution in [-0.4, -0.2) is 5.78 Å². The second kappa shape index (κ2) is 3.36. The highest BCUT2D eigenvalue weighted by Gasteiger charge is 1.75.